The second-order valence-electron chi connectivity index (χ2n) is 8.07. The highest BCUT2D eigenvalue weighted by molar-refractivity contribution is 5.96. The average molecular weight is 455 g/mol. The number of anilines is 1. The molecule has 9 nitrogen and oxygen atoms in total. The van der Waals surface area contributed by atoms with Crippen LogP contribution in [0.2, 0.25) is 0 Å². The van der Waals surface area contributed by atoms with Crippen molar-refractivity contribution in [3.63, 3.8) is 0 Å². The molecule has 4 rings (SSSR count). The molecule has 3 heterocycles. The molecule has 0 aliphatic carbocycles. The molecular formula is C23H27FN6O3. The zero-order valence-electron chi connectivity index (χ0n) is 18.5. The van der Waals surface area contributed by atoms with Crippen molar-refractivity contribution in [1.29, 1.82) is 0 Å². The third-order valence-electron chi connectivity index (χ3n) is 5.82. The summed E-state index contributed by atoms with van der Waals surface area (Å²) in [5, 5.41) is 3.09. The predicted octanol–water partition coefficient (Wildman–Crippen LogP) is 1.19. The quantitative estimate of drug-likeness (QED) is 0.556. The van der Waals surface area contributed by atoms with Crippen LogP contribution in [0.25, 0.3) is 11.0 Å². The van der Waals surface area contributed by atoms with Gasteiger partial charge in [-0.25, -0.2) is 14.2 Å². The summed E-state index contributed by atoms with van der Waals surface area (Å²) < 4.78 is 14.5. The standard InChI is InChI=1S/C23H27FN6O3/c1-2-8-30-20-19(22(32)27-23(30)33)14-16(15-26-20)21(31)25-7-9-28-10-12-29(13-11-28)18-5-3-17(24)4-6-18/h3-6,14-15H,2,7-13H2,1H3,(H,25,31)(H,27,32,33). The fourth-order valence-corrected chi connectivity index (χ4v) is 4.03. The van der Waals surface area contributed by atoms with Crippen LogP contribution in [0.1, 0.15) is 23.7 Å². The van der Waals surface area contributed by atoms with E-state index < -0.39 is 11.2 Å². The van der Waals surface area contributed by atoms with Gasteiger partial charge in [-0.15, -0.1) is 0 Å². The Morgan fingerprint density at radius 3 is 2.55 bits per heavy atom. The van der Waals surface area contributed by atoms with E-state index in [1.807, 2.05) is 6.92 Å². The number of hydrogen-bond donors (Lipinski definition) is 2. The Labute approximate surface area is 189 Å². The first-order valence-electron chi connectivity index (χ1n) is 11.1. The summed E-state index contributed by atoms with van der Waals surface area (Å²) in [4.78, 5) is 47.8. The molecule has 1 aliphatic rings. The number of H-pyrrole nitrogens is 1. The summed E-state index contributed by atoms with van der Waals surface area (Å²) >= 11 is 0. The molecule has 0 spiro atoms. The summed E-state index contributed by atoms with van der Waals surface area (Å²) in [6.45, 7) is 6.85. The van der Waals surface area contributed by atoms with E-state index in [9.17, 15) is 18.8 Å². The molecule has 0 bridgehead atoms. The maximum Gasteiger partial charge on any atom is 0.329 e. The number of aryl methyl sites for hydroxylation is 1. The number of pyridine rings is 1. The van der Waals surface area contributed by atoms with E-state index in [2.05, 4.69) is 25.1 Å². The van der Waals surface area contributed by atoms with Crippen LogP contribution < -0.4 is 21.5 Å². The van der Waals surface area contributed by atoms with E-state index in [0.29, 0.717) is 26.1 Å². The fourth-order valence-electron chi connectivity index (χ4n) is 4.03. The third-order valence-corrected chi connectivity index (χ3v) is 5.82. The van der Waals surface area contributed by atoms with Gasteiger partial charge in [0.25, 0.3) is 11.5 Å². The van der Waals surface area contributed by atoms with E-state index in [0.717, 1.165) is 31.9 Å². The zero-order valence-corrected chi connectivity index (χ0v) is 18.5. The van der Waals surface area contributed by atoms with Crippen LogP contribution in [0.5, 0.6) is 0 Å². The number of amides is 1. The molecule has 0 atom stereocenters. The number of carbonyl (C=O) groups excluding carboxylic acids is 1. The van der Waals surface area contributed by atoms with E-state index in [1.165, 1.54) is 29.0 Å². The van der Waals surface area contributed by atoms with Gasteiger partial charge in [0.1, 0.15) is 11.5 Å². The van der Waals surface area contributed by atoms with E-state index >= 15 is 0 Å². The van der Waals surface area contributed by atoms with Gasteiger partial charge in [0.15, 0.2) is 0 Å². The lowest BCUT2D eigenvalue weighted by Crippen LogP contribution is -2.48. The molecular weight excluding hydrogens is 427 g/mol. The predicted molar refractivity (Wildman–Crippen MR) is 124 cm³/mol. The first kappa shape index (κ1) is 22.7. The largest absolute Gasteiger partial charge is 0.369 e. The number of aromatic nitrogens is 3. The van der Waals surface area contributed by atoms with E-state index in [-0.39, 0.29) is 28.3 Å². The maximum atomic E-state index is 13.1. The number of carbonyl (C=O) groups is 1. The van der Waals surface area contributed by atoms with Crippen LogP contribution in [0, 0.1) is 5.82 Å². The summed E-state index contributed by atoms with van der Waals surface area (Å²) in [5.74, 6) is -0.559. The second kappa shape index (κ2) is 9.95. The molecule has 1 aromatic carbocycles. The van der Waals surface area contributed by atoms with Gasteiger partial charge in [-0.3, -0.25) is 24.0 Å². The number of nitrogens with one attached hydrogen (secondary N) is 2. The summed E-state index contributed by atoms with van der Waals surface area (Å²) in [5.41, 5.74) is 0.506. The smallest absolute Gasteiger partial charge is 0.329 e. The van der Waals surface area contributed by atoms with Gasteiger partial charge < -0.3 is 10.2 Å². The Morgan fingerprint density at radius 2 is 1.85 bits per heavy atom. The van der Waals surface area contributed by atoms with E-state index in [4.69, 9.17) is 0 Å². The minimum absolute atomic E-state index is 0.215. The Balaban J connectivity index is 1.32. The van der Waals surface area contributed by atoms with Gasteiger partial charge >= 0.3 is 5.69 Å². The molecule has 0 saturated carbocycles. The molecule has 3 aromatic rings. The van der Waals surface area contributed by atoms with Crippen molar-refractivity contribution in [3.05, 3.63) is 68.7 Å². The Hall–Kier alpha value is -3.53. The van der Waals surface area contributed by atoms with Crippen molar-refractivity contribution in [1.82, 2.24) is 24.8 Å². The van der Waals surface area contributed by atoms with Crippen molar-refractivity contribution >= 4 is 22.6 Å². The van der Waals surface area contributed by atoms with Crippen molar-refractivity contribution in [2.75, 3.05) is 44.2 Å². The topological polar surface area (TPSA) is 103 Å². The van der Waals surface area contributed by atoms with Gasteiger partial charge in [0.05, 0.1) is 10.9 Å². The first-order chi connectivity index (χ1) is 16.0. The second-order valence-corrected chi connectivity index (χ2v) is 8.07. The number of aromatic amines is 1. The van der Waals surface area contributed by atoms with Crippen molar-refractivity contribution in [2.45, 2.75) is 19.9 Å². The normalized spacial score (nSPS) is 14.5. The lowest BCUT2D eigenvalue weighted by Gasteiger charge is -2.36. The van der Waals surface area contributed by atoms with Crippen LogP contribution in [0.3, 0.4) is 0 Å². The lowest BCUT2D eigenvalue weighted by molar-refractivity contribution is 0.0947. The molecule has 33 heavy (non-hydrogen) atoms. The number of fused-ring (bicyclic) bond motifs is 1. The monoisotopic (exact) mass is 454 g/mol. The molecule has 1 fully saturated rings. The molecule has 1 saturated heterocycles. The van der Waals surface area contributed by atoms with E-state index in [1.54, 1.807) is 12.1 Å². The average Bonchev–Trinajstić information content (AvgIpc) is 2.82. The molecule has 10 heteroatoms. The number of halogens is 1. The summed E-state index contributed by atoms with van der Waals surface area (Å²) in [7, 11) is 0. The first-order valence-corrected chi connectivity index (χ1v) is 11.1. The number of nitrogens with zero attached hydrogens (tertiary/aromatic N) is 4. The minimum atomic E-state index is -0.552. The number of benzene rings is 1. The van der Waals surface area contributed by atoms with Gasteiger partial charge in [0.2, 0.25) is 0 Å². The fraction of sp³-hybridized carbons (Fsp3) is 0.391. The lowest BCUT2D eigenvalue weighted by atomic mass is 10.2. The molecule has 1 aliphatic heterocycles. The number of hydrogen-bond acceptors (Lipinski definition) is 6. The van der Waals surface area contributed by atoms with Crippen LogP contribution >= 0.6 is 0 Å². The molecule has 1 amide bonds. The van der Waals surface area contributed by atoms with Crippen LogP contribution in [-0.4, -0.2) is 64.6 Å². The Morgan fingerprint density at radius 1 is 1.12 bits per heavy atom. The molecule has 2 N–H and O–H groups in total. The Kier molecular flexibility index (Phi) is 6.83. The van der Waals surface area contributed by atoms with Gasteiger partial charge in [0, 0.05) is 57.7 Å². The van der Waals surface area contributed by atoms with Crippen molar-refractivity contribution in [2.24, 2.45) is 0 Å². The summed E-state index contributed by atoms with van der Waals surface area (Å²) in [6.07, 6.45) is 2.10. The third kappa shape index (κ3) is 5.11. The Bertz CT molecular complexity index is 1250. The van der Waals surface area contributed by atoms with Crippen molar-refractivity contribution in [3.8, 4) is 0 Å². The van der Waals surface area contributed by atoms with Crippen molar-refractivity contribution < 1.29 is 9.18 Å². The van der Waals surface area contributed by atoms with Crippen LogP contribution in [0.4, 0.5) is 10.1 Å². The maximum absolute atomic E-state index is 13.1. The van der Waals surface area contributed by atoms with Gasteiger partial charge in [-0.2, -0.15) is 0 Å². The minimum Gasteiger partial charge on any atom is -0.369 e. The number of piperazine rings is 1. The SMILES string of the molecule is CCCn1c(=O)[nH]c(=O)c2cc(C(=O)NCCN3CCN(c4ccc(F)cc4)CC3)cnc21. The van der Waals surface area contributed by atoms with Gasteiger partial charge in [-0.1, -0.05) is 6.92 Å². The zero-order chi connectivity index (χ0) is 23.4. The highest BCUT2D eigenvalue weighted by Gasteiger charge is 2.18. The van der Waals surface area contributed by atoms with Crippen LogP contribution in [-0.2, 0) is 6.54 Å². The highest BCUT2D eigenvalue weighted by atomic mass is 19.1. The molecule has 0 unspecified atom stereocenters. The summed E-state index contributed by atoms with van der Waals surface area (Å²) in [6, 6.07) is 7.99. The van der Waals surface area contributed by atoms with Gasteiger partial charge in [-0.05, 0) is 36.8 Å². The van der Waals surface area contributed by atoms with Crippen LogP contribution in [0.15, 0.2) is 46.1 Å². The highest BCUT2D eigenvalue weighted by Crippen LogP contribution is 2.16. The number of rotatable bonds is 7. The molecule has 0 radical (unpaired) electrons. The molecule has 174 valence electrons. The molecule has 2 aromatic heterocycles.